The third-order valence-corrected chi connectivity index (χ3v) is 5.66. The molecule has 150 valence electrons. The first kappa shape index (κ1) is 19.2. The largest absolute Gasteiger partial charge is 0.497 e. The number of nitrogens with one attached hydrogen (secondary N) is 1. The summed E-state index contributed by atoms with van der Waals surface area (Å²) in [7, 11) is 3.17. The molecule has 4 rings (SSSR count). The molecule has 0 saturated carbocycles. The van der Waals surface area contributed by atoms with E-state index in [4.69, 9.17) is 9.47 Å². The van der Waals surface area contributed by atoms with E-state index in [1.165, 1.54) is 12.1 Å². The number of Topliss-reactive ketones (excluding diaryl/α,β-unsaturated/α-hetero) is 1. The van der Waals surface area contributed by atoms with Crippen LogP contribution in [0.5, 0.6) is 11.5 Å². The van der Waals surface area contributed by atoms with Crippen molar-refractivity contribution in [3.63, 3.8) is 0 Å². The molecule has 2 aromatic carbocycles. The Hall–Kier alpha value is -3.15. The Morgan fingerprint density at radius 1 is 1.00 bits per heavy atom. The summed E-state index contributed by atoms with van der Waals surface area (Å²) in [5.41, 5.74) is 2.74. The minimum atomic E-state index is -0.421. The number of hydrogen-bond donors (Lipinski definition) is 1. The van der Waals surface area contributed by atoms with Crippen molar-refractivity contribution >= 4 is 11.7 Å². The number of carbonyl (C=O) groups is 2. The molecule has 0 unspecified atom stereocenters. The lowest BCUT2D eigenvalue weighted by Crippen LogP contribution is -2.38. The minimum Gasteiger partial charge on any atom is -0.497 e. The highest BCUT2D eigenvalue weighted by Gasteiger charge is 2.39. The second-order valence-electron chi connectivity index (χ2n) is 7.39. The minimum absolute atomic E-state index is 0.0321. The molecule has 1 aliphatic heterocycles. The van der Waals surface area contributed by atoms with Gasteiger partial charge in [-0.3, -0.25) is 9.59 Å². The highest BCUT2D eigenvalue weighted by Crippen LogP contribution is 2.45. The number of amides is 1. The van der Waals surface area contributed by atoms with Crippen LogP contribution < -0.4 is 14.8 Å². The fourth-order valence-electron chi connectivity index (χ4n) is 4.35. The fraction of sp³-hybridized carbons (Fsp3) is 0.304. The van der Waals surface area contributed by atoms with Crippen molar-refractivity contribution in [1.82, 2.24) is 5.32 Å². The molecule has 1 aliphatic carbocycles. The molecule has 1 heterocycles. The molecule has 0 aromatic heterocycles. The van der Waals surface area contributed by atoms with Gasteiger partial charge in [0.15, 0.2) is 5.78 Å². The SMILES string of the molecule is COc1ccc(OC)c([C@H]2CC(=O)C3=C(C2)NC(=O)C[C@H]3c2cccc(F)c2)c1. The van der Waals surface area contributed by atoms with E-state index < -0.39 is 5.92 Å². The molecule has 2 aliphatic rings. The van der Waals surface area contributed by atoms with Gasteiger partial charge in [0.25, 0.3) is 0 Å². The molecule has 1 N–H and O–H groups in total. The van der Waals surface area contributed by atoms with Crippen LogP contribution in [0.2, 0.25) is 0 Å². The maximum atomic E-state index is 13.8. The summed E-state index contributed by atoms with van der Waals surface area (Å²) in [6, 6.07) is 11.6. The van der Waals surface area contributed by atoms with Gasteiger partial charge in [-0.2, -0.15) is 0 Å². The Balaban J connectivity index is 1.74. The van der Waals surface area contributed by atoms with Gasteiger partial charge in [0, 0.05) is 41.5 Å². The van der Waals surface area contributed by atoms with E-state index in [1.54, 1.807) is 32.4 Å². The van der Waals surface area contributed by atoms with Crippen LogP contribution in [-0.4, -0.2) is 25.9 Å². The Morgan fingerprint density at radius 2 is 1.83 bits per heavy atom. The van der Waals surface area contributed by atoms with Crippen molar-refractivity contribution in [3.05, 3.63) is 70.7 Å². The van der Waals surface area contributed by atoms with Crippen molar-refractivity contribution < 1.29 is 23.5 Å². The number of halogens is 1. The number of benzene rings is 2. The number of carbonyl (C=O) groups excluding carboxylic acids is 2. The Labute approximate surface area is 168 Å². The molecule has 2 atom stereocenters. The van der Waals surface area contributed by atoms with Crippen LogP contribution in [0, 0.1) is 5.82 Å². The van der Waals surface area contributed by atoms with Gasteiger partial charge in [-0.05, 0) is 42.3 Å². The third kappa shape index (κ3) is 3.62. The Kier molecular flexibility index (Phi) is 5.09. The lowest BCUT2D eigenvalue weighted by molar-refractivity contribution is -0.122. The number of rotatable bonds is 4. The highest BCUT2D eigenvalue weighted by atomic mass is 19.1. The normalized spacial score (nSPS) is 21.5. The lowest BCUT2D eigenvalue weighted by Gasteiger charge is -2.34. The van der Waals surface area contributed by atoms with Crippen molar-refractivity contribution in [2.75, 3.05) is 14.2 Å². The molecule has 0 saturated heterocycles. The first-order chi connectivity index (χ1) is 14.0. The number of ketones is 1. The number of hydrogen-bond acceptors (Lipinski definition) is 4. The van der Waals surface area contributed by atoms with Crippen LogP contribution in [0.3, 0.4) is 0 Å². The van der Waals surface area contributed by atoms with E-state index in [0.29, 0.717) is 41.2 Å². The van der Waals surface area contributed by atoms with Crippen molar-refractivity contribution in [2.24, 2.45) is 0 Å². The highest BCUT2D eigenvalue weighted by molar-refractivity contribution is 6.02. The molecule has 6 heteroatoms. The van der Waals surface area contributed by atoms with Crippen LogP contribution in [-0.2, 0) is 9.59 Å². The quantitative estimate of drug-likeness (QED) is 0.854. The van der Waals surface area contributed by atoms with E-state index in [2.05, 4.69) is 5.32 Å². The molecule has 2 aromatic rings. The fourth-order valence-corrected chi connectivity index (χ4v) is 4.35. The summed E-state index contributed by atoms with van der Waals surface area (Å²) >= 11 is 0. The molecule has 0 fully saturated rings. The van der Waals surface area contributed by atoms with Crippen molar-refractivity contribution in [2.45, 2.75) is 31.1 Å². The Bertz CT molecular complexity index is 1010. The van der Waals surface area contributed by atoms with Gasteiger partial charge in [-0.25, -0.2) is 4.39 Å². The standard InChI is InChI=1S/C23H22FNO4/c1-28-16-6-7-21(29-2)17(11-16)14-9-19-23(20(26)10-14)18(12-22(27)25-19)13-4-3-5-15(24)8-13/h3-8,11,14,18H,9-10,12H2,1-2H3,(H,25,27)/t14-,18+/m1/s1. The van der Waals surface area contributed by atoms with E-state index in [1.807, 2.05) is 12.1 Å². The van der Waals surface area contributed by atoms with Crippen LogP contribution in [0.15, 0.2) is 53.7 Å². The first-order valence-electron chi connectivity index (χ1n) is 9.53. The number of allylic oxidation sites excluding steroid dienone is 2. The molecule has 0 spiro atoms. The van der Waals surface area contributed by atoms with Gasteiger partial charge in [-0.1, -0.05) is 12.1 Å². The number of ether oxygens (including phenoxy) is 2. The van der Waals surface area contributed by atoms with Gasteiger partial charge in [0.2, 0.25) is 5.91 Å². The zero-order valence-electron chi connectivity index (χ0n) is 16.3. The maximum Gasteiger partial charge on any atom is 0.225 e. The summed E-state index contributed by atoms with van der Waals surface area (Å²) in [4.78, 5) is 25.5. The van der Waals surface area contributed by atoms with Gasteiger partial charge in [0.05, 0.1) is 14.2 Å². The topological polar surface area (TPSA) is 64.6 Å². The predicted octanol–water partition coefficient (Wildman–Crippen LogP) is 3.85. The zero-order chi connectivity index (χ0) is 20.5. The van der Waals surface area contributed by atoms with Gasteiger partial charge >= 0.3 is 0 Å². The molecule has 29 heavy (non-hydrogen) atoms. The molecule has 1 amide bonds. The van der Waals surface area contributed by atoms with Gasteiger partial charge < -0.3 is 14.8 Å². The Morgan fingerprint density at radius 3 is 2.55 bits per heavy atom. The smallest absolute Gasteiger partial charge is 0.225 e. The maximum absolute atomic E-state index is 13.8. The summed E-state index contributed by atoms with van der Waals surface area (Å²) < 4.78 is 24.6. The van der Waals surface area contributed by atoms with E-state index in [-0.39, 0.29) is 29.8 Å². The van der Waals surface area contributed by atoms with E-state index >= 15 is 0 Å². The molecule has 0 bridgehead atoms. The molecule has 0 radical (unpaired) electrons. The lowest BCUT2D eigenvalue weighted by atomic mass is 9.73. The van der Waals surface area contributed by atoms with Crippen LogP contribution >= 0.6 is 0 Å². The summed E-state index contributed by atoms with van der Waals surface area (Å²) in [6.07, 6.45) is 0.938. The third-order valence-electron chi connectivity index (χ3n) is 5.66. The average molecular weight is 395 g/mol. The summed E-state index contributed by atoms with van der Waals surface area (Å²) in [5.74, 6) is 0.222. The van der Waals surface area contributed by atoms with Crippen molar-refractivity contribution in [3.8, 4) is 11.5 Å². The second-order valence-corrected chi connectivity index (χ2v) is 7.39. The predicted molar refractivity (Wildman–Crippen MR) is 105 cm³/mol. The average Bonchev–Trinajstić information content (AvgIpc) is 2.72. The van der Waals surface area contributed by atoms with Gasteiger partial charge in [0.1, 0.15) is 17.3 Å². The van der Waals surface area contributed by atoms with Crippen LogP contribution in [0.25, 0.3) is 0 Å². The first-order valence-corrected chi connectivity index (χ1v) is 9.53. The van der Waals surface area contributed by atoms with Crippen LogP contribution in [0.4, 0.5) is 4.39 Å². The summed E-state index contributed by atoms with van der Waals surface area (Å²) in [5, 5.41) is 2.88. The molecular formula is C23H22FNO4. The number of methoxy groups -OCH3 is 2. The van der Waals surface area contributed by atoms with E-state index in [9.17, 15) is 14.0 Å². The monoisotopic (exact) mass is 395 g/mol. The zero-order valence-corrected chi connectivity index (χ0v) is 16.3. The molecule has 5 nitrogen and oxygen atoms in total. The summed E-state index contributed by atoms with van der Waals surface area (Å²) in [6.45, 7) is 0. The van der Waals surface area contributed by atoms with Crippen molar-refractivity contribution in [1.29, 1.82) is 0 Å². The second kappa shape index (κ2) is 7.70. The van der Waals surface area contributed by atoms with Gasteiger partial charge in [-0.15, -0.1) is 0 Å². The van der Waals surface area contributed by atoms with E-state index in [0.717, 1.165) is 5.56 Å². The van der Waals surface area contributed by atoms with Crippen LogP contribution in [0.1, 0.15) is 42.2 Å². The molecular weight excluding hydrogens is 373 g/mol.